The molecule has 0 aromatic heterocycles. The number of nitrogens with zero attached hydrogens (tertiary/aromatic N) is 2. The third-order valence-corrected chi connectivity index (χ3v) is 4.62. The lowest BCUT2D eigenvalue weighted by molar-refractivity contribution is -0.384. The molecule has 0 saturated heterocycles. The number of rotatable bonds is 8. The summed E-state index contributed by atoms with van der Waals surface area (Å²) >= 11 is 3.47. The number of nitro groups is 1. The lowest BCUT2D eigenvalue weighted by Gasteiger charge is -2.13. The van der Waals surface area contributed by atoms with Crippen LogP contribution in [0.4, 0.5) is 15.8 Å². The molecule has 0 spiro atoms. The van der Waals surface area contributed by atoms with Gasteiger partial charge in [0, 0.05) is 12.1 Å². The van der Waals surface area contributed by atoms with Crippen LogP contribution in [0.5, 0.6) is 11.5 Å². The Labute approximate surface area is 180 Å². The molecule has 0 unspecified atom stereocenters. The fourth-order valence-electron chi connectivity index (χ4n) is 2.53. The van der Waals surface area contributed by atoms with E-state index < -0.39 is 4.92 Å². The minimum Gasteiger partial charge on any atom is -0.493 e. The molecule has 3 rings (SSSR count). The van der Waals surface area contributed by atoms with Crippen LogP contribution in [0, 0.1) is 15.9 Å². The molecule has 0 amide bonds. The van der Waals surface area contributed by atoms with Gasteiger partial charge in [-0.1, -0.05) is 12.1 Å². The van der Waals surface area contributed by atoms with Crippen LogP contribution in [0.2, 0.25) is 0 Å². The van der Waals surface area contributed by atoms with Crippen molar-refractivity contribution in [3.05, 3.63) is 92.2 Å². The molecule has 9 heteroatoms. The van der Waals surface area contributed by atoms with Crippen molar-refractivity contribution < 1.29 is 18.8 Å². The molecule has 3 aromatic carbocycles. The molecule has 0 radical (unpaired) electrons. The second-order valence-corrected chi connectivity index (χ2v) is 6.98. The van der Waals surface area contributed by atoms with Gasteiger partial charge >= 0.3 is 0 Å². The van der Waals surface area contributed by atoms with E-state index in [1.54, 1.807) is 36.5 Å². The highest BCUT2D eigenvalue weighted by molar-refractivity contribution is 9.10. The van der Waals surface area contributed by atoms with Gasteiger partial charge in [-0.3, -0.25) is 15.5 Å². The van der Waals surface area contributed by atoms with Crippen LogP contribution in [0.15, 0.2) is 70.2 Å². The lowest BCUT2D eigenvalue weighted by Crippen LogP contribution is -2.00. The summed E-state index contributed by atoms with van der Waals surface area (Å²) < 4.78 is 24.9. The van der Waals surface area contributed by atoms with Gasteiger partial charge in [0.05, 0.1) is 28.4 Å². The van der Waals surface area contributed by atoms with E-state index in [0.29, 0.717) is 21.7 Å². The number of ether oxygens (including phenoxy) is 2. The maximum absolute atomic E-state index is 13.0. The number of non-ortho nitro benzene ring substituents is 1. The zero-order chi connectivity index (χ0) is 21.5. The number of hydrazone groups is 1. The average molecular weight is 474 g/mol. The summed E-state index contributed by atoms with van der Waals surface area (Å²) in [6.45, 7) is 0.254. The molecule has 7 nitrogen and oxygen atoms in total. The van der Waals surface area contributed by atoms with E-state index in [9.17, 15) is 14.5 Å². The molecule has 0 saturated carbocycles. The summed E-state index contributed by atoms with van der Waals surface area (Å²) in [5.41, 5.74) is 4.99. The minimum absolute atomic E-state index is 0.00872. The Hall–Kier alpha value is -3.46. The molecule has 0 fully saturated rings. The van der Waals surface area contributed by atoms with E-state index in [0.717, 1.165) is 11.1 Å². The molecule has 0 aliphatic rings. The van der Waals surface area contributed by atoms with E-state index >= 15 is 0 Å². The Balaban J connectivity index is 1.68. The van der Waals surface area contributed by atoms with Crippen molar-refractivity contribution >= 4 is 33.5 Å². The van der Waals surface area contributed by atoms with Crippen molar-refractivity contribution in [2.24, 2.45) is 5.10 Å². The highest BCUT2D eigenvalue weighted by atomic mass is 79.9. The number of halogens is 2. The Kier molecular flexibility index (Phi) is 6.97. The van der Waals surface area contributed by atoms with Crippen LogP contribution in [0.25, 0.3) is 0 Å². The first kappa shape index (κ1) is 21.3. The number of hydrogen-bond donors (Lipinski definition) is 1. The van der Waals surface area contributed by atoms with Crippen molar-refractivity contribution in [2.75, 3.05) is 12.5 Å². The van der Waals surface area contributed by atoms with Gasteiger partial charge in [-0.05, 0) is 63.5 Å². The summed E-state index contributed by atoms with van der Waals surface area (Å²) in [6.07, 6.45) is 1.58. The zero-order valence-corrected chi connectivity index (χ0v) is 17.4. The molecule has 0 atom stereocenters. The summed E-state index contributed by atoms with van der Waals surface area (Å²) in [5.74, 6) is 0.717. The normalized spacial score (nSPS) is 10.8. The van der Waals surface area contributed by atoms with E-state index in [1.165, 1.54) is 31.4 Å². The van der Waals surface area contributed by atoms with Crippen molar-refractivity contribution in [1.82, 2.24) is 0 Å². The van der Waals surface area contributed by atoms with E-state index in [-0.39, 0.29) is 18.1 Å². The molecule has 0 aliphatic heterocycles. The highest BCUT2D eigenvalue weighted by Crippen LogP contribution is 2.36. The van der Waals surface area contributed by atoms with Gasteiger partial charge in [-0.25, -0.2) is 4.39 Å². The molecule has 3 aromatic rings. The monoisotopic (exact) mass is 473 g/mol. The van der Waals surface area contributed by atoms with Gasteiger partial charge < -0.3 is 9.47 Å². The first-order valence-electron chi connectivity index (χ1n) is 8.74. The quantitative estimate of drug-likeness (QED) is 0.264. The lowest BCUT2D eigenvalue weighted by atomic mass is 10.2. The fraction of sp³-hybridized carbons (Fsp3) is 0.0952. The van der Waals surface area contributed by atoms with Crippen LogP contribution >= 0.6 is 15.9 Å². The topological polar surface area (TPSA) is 86.0 Å². The summed E-state index contributed by atoms with van der Waals surface area (Å²) in [7, 11) is 1.53. The molecule has 1 N–H and O–H groups in total. The van der Waals surface area contributed by atoms with Gasteiger partial charge in [-0.15, -0.1) is 0 Å². The number of nitrogens with one attached hydrogen (secondary N) is 1. The smallest absolute Gasteiger partial charge is 0.269 e. The molecule has 154 valence electrons. The van der Waals surface area contributed by atoms with E-state index in [2.05, 4.69) is 26.5 Å². The van der Waals surface area contributed by atoms with Crippen molar-refractivity contribution in [3.8, 4) is 11.5 Å². The number of nitro benzene ring substituents is 1. The van der Waals surface area contributed by atoms with Crippen LogP contribution in [-0.2, 0) is 6.61 Å². The van der Waals surface area contributed by atoms with Crippen LogP contribution < -0.4 is 14.9 Å². The molecule has 0 aliphatic carbocycles. The Morgan fingerprint density at radius 2 is 1.87 bits per heavy atom. The second-order valence-electron chi connectivity index (χ2n) is 6.12. The first-order valence-corrected chi connectivity index (χ1v) is 9.54. The van der Waals surface area contributed by atoms with Gasteiger partial charge in [0.15, 0.2) is 11.5 Å². The maximum Gasteiger partial charge on any atom is 0.269 e. The summed E-state index contributed by atoms with van der Waals surface area (Å²) in [5, 5.41) is 14.8. The molecular formula is C21H17BrFN3O4. The maximum atomic E-state index is 13.0. The SMILES string of the molecule is COc1cc(/C=N/Nc2ccc([N+](=O)[O-])cc2)cc(Br)c1OCc1ccc(F)cc1. The van der Waals surface area contributed by atoms with Crippen molar-refractivity contribution in [2.45, 2.75) is 6.61 Å². The van der Waals surface area contributed by atoms with E-state index in [1.807, 2.05) is 6.07 Å². The Bertz CT molecular complexity index is 1060. The average Bonchev–Trinajstić information content (AvgIpc) is 2.74. The van der Waals surface area contributed by atoms with Gasteiger partial charge in [0.2, 0.25) is 0 Å². The summed E-state index contributed by atoms with van der Waals surface area (Å²) in [4.78, 5) is 10.2. The molecular weight excluding hydrogens is 457 g/mol. The number of hydrogen-bond acceptors (Lipinski definition) is 6. The van der Waals surface area contributed by atoms with Gasteiger partial charge in [0.25, 0.3) is 5.69 Å². The Morgan fingerprint density at radius 3 is 2.50 bits per heavy atom. The second kappa shape index (κ2) is 9.84. The van der Waals surface area contributed by atoms with Crippen molar-refractivity contribution in [3.63, 3.8) is 0 Å². The third-order valence-electron chi connectivity index (χ3n) is 4.03. The number of anilines is 1. The van der Waals surface area contributed by atoms with E-state index in [4.69, 9.17) is 9.47 Å². The summed E-state index contributed by atoms with van der Waals surface area (Å²) in [6, 6.07) is 15.5. The molecule has 0 heterocycles. The predicted octanol–water partition coefficient (Wildman–Crippen LogP) is 5.53. The predicted molar refractivity (Wildman–Crippen MR) is 116 cm³/mol. The van der Waals surface area contributed by atoms with Gasteiger partial charge in [0.1, 0.15) is 12.4 Å². The first-order chi connectivity index (χ1) is 14.5. The van der Waals surface area contributed by atoms with Crippen LogP contribution in [-0.4, -0.2) is 18.2 Å². The third kappa shape index (κ3) is 5.54. The zero-order valence-electron chi connectivity index (χ0n) is 15.8. The highest BCUT2D eigenvalue weighted by Gasteiger charge is 2.12. The Morgan fingerprint density at radius 1 is 1.17 bits per heavy atom. The molecule has 0 bridgehead atoms. The van der Waals surface area contributed by atoms with Gasteiger partial charge in [-0.2, -0.15) is 5.10 Å². The van der Waals surface area contributed by atoms with Crippen molar-refractivity contribution in [1.29, 1.82) is 0 Å². The molecule has 30 heavy (non-hydrogen) atoms. The number of methoxy groups -OCH3 is 1. The van der Waals surface area contributed by atoms with Crippen LogP contribution in [0.3, 0.4) is 0 Å². The number of benzene rings is 3. The standard InChI is InChI=1S/C21H17BrFN3O4/c1-29-20-11-15(12-24-25-17-6-8-18(9-7-17)26(27)28)10-19(22)21(20)30-13-14-2-4-16(23)5-3-14/h2-12,25H,13H2,1H3/b24-12+. The largest absolute Gasteiger partial charge is 0.493 e. The minimum atomic E-state index is -0.462. The van der Waals surface area contributed by atoms with Crippen LogP contribution in [0.1, 0.15) is 11.1 Å². The fourth-order valence-corrected chi connectivity index (χ4v) is 3.10.